The van der Waals surface area contributed by atoms with Crippen molar-refractivity contribution in [1.82, 2.24) is 15.8 Å². The Morgan fingerprint density at radius 3 is 2.71 bits per heavy atom. The molecule has 0 bridgehead atoms. The lowest BCUT2D eigenvalue weighted by atomic mass is 10.1. The van der Waals surface area contributed by atoms with Gasteiger partial charge in [0.2, 0.25) is 0 Å². The average molecular weight is 495 g/mol. The number of hydrogen-bond acceptors (Lipinski definition) is 7. The normalized spacial score (nSPS) is 15.1. The molecule has 2 N–H and O–H groups in total. The monoisotopic (exact) mass is 494 g/mol. The van der Waals surface area contributed by atoms with Gasteiger partial charge in [-0.15, -0.1) is 0 Å². The minimum atomic E-state index is -0.937. The lowest BCUT2D eigenvalue weighted by Gasteiger charge is -2.20. The topological polar surface area (TPSA) is 114 Å². The number of carbonyl (C=O) groups is 3. The molecule has 1 aromatic heterocycles. The molecule has 182 valence electrons. The van der Waals surface area contributed by atoms with Crippen LogP contribution in [0.3, 0.4) is 0 Å². The Labute approximate surface area is 207 Å². The van der Waals surface area contributed by atoms with E-state index in [4.69, 9.17) is 9.26 Å². The van der Waals surface area contributed by atoms with Gasteiger partial charge < -0.3 is 24.8 Å². The highest BCUT2D eigenvalue weighted by Gasteiger charge is 2.32. The maximum Gasteiger partial charge on any atom is 0.274 e. The summed E-state index contributed by atoms with van der Waals surface area (Å²) in [5.74, 6) is 0.656. The summed E-state index contributed by atoms with van der Waals surface area (Å²) in [6, 6.07) is 15.2. The molecule has 0 unspecified atom stereocenters. The Kier molecular flexibility index (Phi) is 7.71. The number of fused-ring (bicyclic) bond motifs is 1. The van der Waals surface area contributed by atoms with E-state index in [1.54, 1.807) is 43.1 Å². The van der Waals surface area contributed by atoms with Gasteiger partial charge in [-0.1, -0.05) is 35.5 Å². The molecular weight excluding hydrogens is 468 g/mol. The van der Waals surface area contributed by atoms with Crippen molar-refractivity contribution >= 4 is 35.2 Å². The van der Waals surface area contributed by atoms with Crippen molar-refractivity contribution in [2.24, 2.45) is 0 Å². The van der Waals surface area contributed by atoms with Crippen LogP contribution in [-0.2, 0) is 11.2 Å². The fourth-order valence-electron chi connectivity index (χ4n) is 3.64. The van der Waals surface area contributed by atoms with Gasteiger partial charge in [-0.2, -0.15) is 11.8 Å². The molecule has 10 heteroatoms. The molecule has 1 aliphatic heterocycles. The Bertz CT molecular complexity index is 1210. The van der Waals surface area contributed by atoms with Crippen LogP contribution >= 0.6 is 11.8 Å². The molecular formula is C25H26N4O5S. The molecule has 0 saturated heterocycles. The molecule has 0 spiro atoms. The van der Waals surface area contributed by atoms with E-state index >= 15 is 0 Å². The quantitative estimate of drug-likeness (QED) is 0.463. The summed E-state index contributed by atoms with van der Waals surface area (Å²) in [6.07, 6.45) is 2.46. The molecule has 0 fully saturated rings. The summed E-state index contributed by atoms with van der Waals surface area (Å²) >= 11 is 1.64. The average Bonchev–Trinajstić information content (AvgIpc) is 3.30. The fourth-order valence-corrected chi connectivity index (χ4v) is 3.95. The molecule has 3 amide bonds. The van der Waals surface area contributed by atoms with Gasteiger partial charge in [-0.25, -0.2) is 0 Å². The third-order valence-electron chi connectivity index (χ3n) is 5.53. The van der Waals surface area contributed by atoms with Gasteiger partial charge in [0.05, 0.1) is 5.69 Å². The Morgan fingerprint density at radius 1 is 1.14 bits per heavy atom. The lowest BCUT2D eigenvalue weighted by molar-refractivity contribution is -0.120. The second-order valence-electron chi connectivity index (χ2n) is 8.01. The van der Waals surface area contributed by atoms with Crippen LogP contribution in [0.5, 0.6) is 5.75 Å². The van der Waals surface area contributed by atoms with Crippen LogP contribution in [0.1, 0.15) is 32.2 Å². The Hall–Kier alpha value is -3.79. The smallest absolute Gasteiger partial charge is 0.274 e. The molecule has 2 aromatic carbocycles. The van der Waals surface area contributed by atoms with Crippen LogP contribution < -0.4 is 20.3 Å². The van der Waals surface area contributed by atoms with Crippen LogP contribution in [0.15, 0.2) is 59.1 Å². The number of thioether (sulfide) groups is 1. The number of likely N-dealkylation sites (N-methyl/N-ethyl adjacent to an activating group) is 1. The van der Waals surface area contributed by atoms with E-state index in [-0.39, 0.29) is 24.1 Å². The van der Waals surface area contributed by atoms with Gasteiger partial charge in [0, 0.05) is 37.4 Å². The number of hydrogen-bond donors (Lipinski definition) is 2. The first-order valence-corrected chi connectivity index (χ1v) is 12.5. The molecule has 0 radical (unpaired) electrons. The van der Waals surface area contributed by atoms with E-state index in [9.17, 15) is 14.4 Å². The maximum absolute atomic E-state index is 13.1. The molecule has 35 heavy (non-hydrogen) atoms. The first-order valence-electron chi connectivity index (χ1n) is 11.1. The van der Waals surface area contributed by atoms with E-state index in [1.807, 2.05) is 36.6 Å². The first-order chi connectivity index (χ1) is 17.0. The predicted molar refractivity (Wildman–Crippen MR) is 133 cm³/mol. The van der Waals surface area contributed by atoms with E-state index in [0.29, 0.717) is 35.7 Å². The number of benzene rings is 2. The third kappa shape index (κ3) is 5.83. The van der Waals surface area contributed by atoms with Gasteiger partial charge in [-0.05, 0) is 30.0 Å². The summed E-state index contributed by atoms with van der Waals surface area (Å²) in [4.78, 5) is 39.7. The van der Waals surface area contributed by atoms with Gasteiger partial charge in [0.15, 0.2) is 5.69 Å². The van der Waals surface area contributed by atoms with Crippen LogP contribution in [0.4, 0.5) is 5.69 Å². The molecule has 9 nitrogen and oxygen atoms in total. The molecule has 2 heterocycles. The summed E-state index contributed by atoms with van der Waals surface area (Å²) < 4.78 is 11.1. The van der Waals surface area contributed by atoms with E-state index in [0.717, 1.165) is 11.3 Å². The number of rotatable bonds is 8. The number of nitrogens with one attached hydrogen (secondary N) is 2. The summed E-state index contributed by atoms with van der Waals surface area (Å²) in [5, 5.41) is 9.37. The predicted octanol–water partition coefficient (Wildman–Crippen LogP) is 2.51. The number of amides is 3. The number of carbonyl (C=O) groups excluding carboxylic acids is 3. The Morgan fingerprint density at radius 2 is 1.94 bits per heavy atom. The molecule has 1 atom stereocenters. The second-order valence-corrected chi connectivity index (χ2v) is 8.99. The Balaban J connectivity index is 1.42. The van der Waals surface area contributed by atoms with Crippen molar-refractivity contribution in [3.05, 3.63) is 77.2 Å². The highest BCUT2D eigenvalue weighted by Crippen LogP contribution is 2.31. The zero-order valence-corrected chi connectivity index (χ0v) is 20.3. The van der Waals surface area contributed by atoms with Gasteiger partial charge in [-0.3, -0.25) is 14.4 Å². The van der Waals surface area contributed by atoms with Crippen molar-refractivity contribution in [3.63, 3.8) is 0 Å². The molecule has 3 aromatic rings. The van der Waals surface area contributed by atoms with E-state index in [1.165, 1.54) is 4.90 Å². The molecule has 0 aliphatic carbocycles. The number of ether oxygens (including phenoxy) is 1. The van der Waals surface area contributed by atoms with Gasteiger partial charge in [0.1, 0.15) is 24.2 Å². The minimum absolute atomic E-state index is 0.0596. The highest BCUT2D eigenvalue weighted by atomic mass is 32.2. The van der Waals surface area contributed by atoms with Crippen molar-refractivity contribution in [2.75, 3.05) is 37.1 Å². The van der Waals surface area contributed by atoms with Gasteiger partial charge >= 0.3 is 0 Å². The summed E-state index contributed by atoms with van der Waals surface area (Å²) in [7, 11) is 1.58. The van der Waals surface area contributed by atoms with Crippen molar-refractivity contribution in [2.45, 2.75) is 12.5 Å². The van der Waals surface area contributed by atoms with Crippen LogP contribution in [0.25, 0.3) is 0 Å². The highest BCUT2D eigenvalue weighted by molar-refractivity contribution is 7.98. The van der Waals surface area contributed by atoms with Crippen LogP contribution in [-0.4, -0.2) is 61.1 Å². The van der Waals surface area contributed by atoms with Crippen LogP contribution in [0, 0.1) is 0 Å². The number of nitrogens with zero attached hydrogens (tertiary/aromatic N) is 2. The van der Waals surface area contributed by atoms with Crippen molar-refractivity contribution in [3.8, 4) is 5.75 Å². The van der Waals surface area contributed by atoms with Gasteiger partial charge in [0.25, 0.3) is 17.7 Å². The maximum atomic E-state index is 13.1. The fraction of sp³-hybridized carbons (Fsp3) is 0.280. The molecule has 4 rings (SSSR count). The van der Waals surface area contributed by atoms with E-state index < -0.39 is 11.9 Å². The lowest BCUT2D eigenvalue weighted by Crippen LogP contribution is -2.49. The first kappa shape index (κ1) is 24.3. The van der Waals surface area contributed by atoms with Crippen LogP contribution in [0.2, 0.25) is 0 Å². The van der Waals surface area contributed by atoms with Crippen molar-refractivity contribution in [1.29, 1.82) is 0 Å². The zero-order chi connectivity index (χ0) is 24.8. The standard InChI is InChI=1S/C25H26N4O5S/c1-29-21-13-17(23(30)26-10-11-35-2)8-9-22(21)33-15-20(25(29)32)27-24(31)19-14-18(34-28-19)12-16-6-4-3-5-7-16/h3-9,13-14,20H,10-12,15H2,1-2H3,(H,26,30)(H,27,31)/t20-/m0/s1. The molecule has 1 aliphatic rings. The number of aromatic nitrogens is 1. The second kappa shape index (κ2) is 11.1. The minimum Gasteiger partial charge on any atom is -0.489 e. The summed E-state index contributed by atoms with van der Waals surface area (Å²) in [5.41, 5.74) is 1.98. The number of anilines is 1. The SMILES string of the molecule is CSCCNC(=O)c1ccc2c(c1)N(C)C(=O)[C@@H](NC(=O)c1cc(Cc3ccccc3)on1)CO2. The van der Waals surface area contributed by atoms with Crippen molar-refractivity contribution < 1.29 is 23.6 Å². The third-order valence-corrected chi connectivity index (χ3v) is 6.14. The zero-order valence-electron chi connectivity index (χ0n) is 19.4. The van der Waals surface area contributed by atoms with E-state index in [2.05, 4.69) is 15.8 Å². The molecule has 0 saturated carbocycles. The summed E-state index contributed by atoms with van der Waals surface area (Å²) in [6.45, 7) is 0.488. The largest absolute Gasteiger partial charge is 0.489 e.